The summed E-state index contributed by atoms with van der Waals surface area (Å²) in [6.45, 7) is 0. The van der Waals surface area contributed by atoms with Gasteiger partial charge in [-0.15, -0.1) is 0 Å². The summed E-state index contributed by atoms with van der Waals surface area (Å²) in [4.78, 5) is 0. The quantitative estimate of drug-likeness (QED) is 0.356. The van der Waals surface area contributed by atoms with E-state index >= 15 is 0 Å². The minimum atomic E-state index is -2.70. The van der Waals surface area contributed by atoms with Gasteiger partial charge in [-0.3, -0.25) is 0 Å². The van der Waals surface area contributed by atoms with Crippen molar-refractivity contribution in [3.8, 4) is 11.1 Å². The van der Waals surface area contributed by atoms with E-state index in [0.29, 0.717) is 0 Å². The van der Waals surface area contributed by atoms with Crippen LogP contribution in [-0.2, 0) is 21.4 Å². The van der Waals surface area contributed by atoms with Gasteiger partial charge in [-0.05, 0) is 0 Å². The molecular formula is C15H11Cl4Hf. The normalized spacial score (nSPS) is 13.7. The summed E-state index contributed by atoms with van der Waals surface area (Å²) in [5.41, 5.74) is 5.10. The fourth-order valence-electron chi connectivity index (χ4n) is 2.86. The molecule has 2 aromatic carbocycles. The number of rotatable bonds is 3. The van der Waals surface area contributed by atoms with Gasteiger partial charge in [0.15, 0.2) is 0 Å². The van der Waals surface area contributed by atoms with Crippen molar-refractivity contribution in [3.63, 3.8) is 0 Å². The van der Waals surface area contributed by atoms with Crippen LogP contribution in [0.3, 0.4) is 0 Å². The molecule has 0 atom stereocenters. The molecule has 0 nitrogen and oxygen atoms in total. The zero-order chi connectivity index (χ0) is 14.3. The van der Waals surface area contributed by atoms with E-state index in [1.54, 1.807) is 0 Å². The van der Waals surface area contributed by atoms with Gasteiger partial charge >= 0.3 is 147 Å². The summed E-state index contributed by atoms with van der Waals surface area (Å²) in [6.07, 6.45) is 0. The summed E-state index contributed by atoms with van der Waals surface area (Å²) in [5.74, 6) is 0. The van der Waals surface area contributed by atoms with Crippen LogP contribution in [-0.4, -0.2) is 5.19 Å². The van der Waals surface area contributed by atoms with Crippen LogP contribution in [0.15, 0.2) is 48.5 Å². The molecule has 1 aliphatic rings. The van der Waals surface area contributed by atoms with Crippen LogP contribution < -0.4 is 0 Å². The molecule has 0 aromatic heterocycles. The predicted octanol–water partition coefficient (Wildman–Crippen LogP) is 5.90. The van der Waals surface area contributed by atoms with E-state index in [4.69, 9.17) is 46.4 Å². The molecule has 0 N–H and O–H groups in total. The average molecular weight is 512 g/mol. The molecule has 0 fully saturated rings. The van der Waals surface area contributed by atoms with Gasteiger partial charge in [0.25, 0.3) is 0 Å². The maximum atomic E-state index is 6.24. The number of hydrogen-bond acceptors (Lipinski definition) is 0. The van der Waals surface area contributed by atoms with E-state index in [1.807, 2.05) is 0 Å². The van der Waals surface area contributed by atoms with Crippen molar-refractivity contribution in [2.24, 2.45) is 0 Å². The molecular weight excluding hydrogens is 500 g/mol. The second-order valence-electron chi connectivity index (χ2n) is 4.71. The van der Waals surface area contributed by atoms with Gasteiger partial charge in [0.05, 0.1) is 0 Å². The Kier molecular flexibility index (Phi) is 4.84. The molecule has 0 unspecified atom stereocenters. The third kappa shape index (κ3) is 2.61. The van der Waals surface area contributed by atoms with Gasteiger partial charge in [-0.25, -0.2) is 0 Å². The Labute approximate surface area is 146 Å². The van der Waals surface area contributed by atoms with Gasteiger partial charge in [-0.1, -0.05) is 0 Å². The molecule has 0 radical (unpaired) electrons. The van der Waals surface area contributed by atoms with Crippen LogP contribution in [0.1, 0.15) is 14.8 Å². The summed E-state index contributed by atoms with van der Waals surface area (Å²) in [5, 5.41) is 0. The third-order valence-electron chi connectivity index (χ3n) is 3.67. The molecule has 0 bridgehead atoms. The molecule has 5 heteroatoms. The molecule has 20 heavy (non-hydrogen) atoms. The monoisotopic (exact) mass is 511 g/mol. The van der Waals surface area contributed by atoms with E-state index in [1.165, 1.54) is 22.3 Å². The van der Waals surface area contributed by atoms with Crippen molar-refractivity contribution in [1.82, 2.24) is 0 Å². The molecule has 1 aliphatic carbocycles. The molecule has 0 aliphatic heterocycles. The topological polar surface area (TPSA) is 0 Å². The second-order valence-corrected chi connectivity index (χ2v) is 22.0. The van der Waals surface area contributed by atoms with Crippen LogP contribution in [0.2, 0.25) is 0 Å². The van der Waals surface area contributed by atoms with E-state index in [0.717, 1.165) is 0 Å². The average Bonchev–Trinajstić information content (AvgIpc) is 2.74. The Morgan fingerprint density at radius 1 is 0.700 bits per heavy atom. The first-order valence-electron chi connectivity index (χ1n) is 6.22. The molecule has 0 amide bonds. The Morgan fingerprint density at radius 3 is 1.50 bits per heavy atom. The van der Waals surface area contributed by atoms with Crippen molar-refractivity contribution in [1.29, 1.82) is 0 Å². The Morgan fingerprint density at radius 2 is 1.10 bits per heavy atom. The van der Waals surface area contributed by atoms with E-state index in [-0.39, 0.29) is 3.67 Å². The van der Waals surface area contributed by atoms with Crippen LogP contribution in [0.4, 0.5) is 0 Å². The van der Waals surface area contributed by atoms with Gasteiger partial charge in [0.2, 0.25) is 0 Å². The number of fused-ring (bicyclic) bond motifs is 3. The first-order chi connectivity index (χ1) is 9.61. The Balaban J connectivity index is 2.20. The van der Waals surface area contributed by atoms with Crippen molar-refractivity contribution < 1.29 is 21.4 Å². The second kappa shape index (κ2) is 6.30. The first-order valence-corrected chi connectivity index (χ1v) is 14.2. The summed E-state index contributed by atoms with van der Waals surface area (Å²) in [7, 11) is 0. The SMILES string of the molecule is Cl[CH](Cl)[Hf]([CH](Cl)Cl)[CH]1c2ccccc2-c2ccccc21. The van der Waals surface area contributed by atoms with E-state index in [2.05, 4.69) is 48.5 Å². The zero-order valence-corrected chi connectivity index (χ0v) is 17.0. The number of hydrogen-bond donors (Lipinski definition) is 0. The van der Waals surface area contributed by atoms with Gasteiger partial charge in [0, 0.05) is 0 Å². The standard InChI is InChI=1S/C13H9.2CHCl2.Hf/c1-3-7-12-10(5-1)9-11-6-2-4-8-13(11)12;2*2-1-3;/h1-9H;2*1H;. The van der Waals surface area contributed by atoms with Crippen molar-refractivity contribution in [3.05, 3.63) is 59.7 Å². The van der Waals surface area contributed by atoms with E-state index in [9.17, 15) is 0 Å². The van der Waals surface area contributed by atoms with Gasteiger partial charge in [0.1, 0.15) is 0 Å². The Hall–Kier alpha value is 0.470. The first kappa shape index (κ1) is 15.4. The van der Waals surface area contributed by atoms with Gasteiger partial charge in [-0.2, -0.15) is 0 Å². The van der Waals surface area contributed by atoms with Crippen molar-refractivity contribution in [2.45, 2.75) is 8.86 Å². The van der Waals surface area contributed by atoms with Crippen molar-refractivity contribution >= 4 is 46.4 Å². The van der Waals surface area contributed by atoms with Crippen molar-refractivity contribution in [2.75, 3.05) is 0 Å². The molecule has 103 valence electrons. The van der Waals surface area contributed by atoms with Gasteiger partial charge < -0.3 is 0 Å². The summed E-state index contributed by atoms with van der Waals surface area (Å²) in [6, 6.07) is 16.8. The van der Waals surface area contributed by atoms with Crippen LogP contribution >= 0.6 is 46.4 Å². The van der Waals surface area contributed by atoms with Crippen LogP contribution in [0.25, 0.3) is 11.1 Å². The fraction of sp³-hybridized carbons (Fsp3) is 0.200. The molecule has 0 saturated carbocycles. The van der Waals surface area contributed by atoms with E-state index < -0.39 is 26.6 Å². The Bertz CT molecular complexity index is 573. The minimum absolute atomic E-state index is 0.243. The molecule has 0 saturated heterocycles. The summed E-state index contributed by atoms with van der Waals surface area (Å²) >= 11 is 22.3. The molecule has 2 aromatic rings. The van der Waals surface area contributed by atoms with Crippen LogP contribution in [0.5, 0.6) is 0 Å². The predicted molar refractivity (Wildman–Crippen MR) is 84.7 cm³/mol. The molecule has 3 rings (SSSR count). The number of alkyl halides is 4. The number of benzene rings is 2. The zero-order valence-electron chi connectivity index (χ0n) is 10.4. The number of halogens is 4. The maximum absolute atomic E-state index is 6.24. The molecule has 0 spiro atoms. The molecule has 0 heterocycles. The summed E-state index contributed by atoms with van der Waals surface area (Å²) < 4.78 is -0.583. The fourth-order valence-corrected chi connectivity index (χ4v) is 20.1. The van der Waals surface area contributed by atoms with Crippen LogP contribution in [0, 0.1) is 0 Å². The third-order valence-corrected chi connectivity index (χ3v) is 20.2.